The summed E-state index contributed by atoms with van der Waals surface area (Å²) in [6.07, 6.45) is 3.46. The Kier molecular flexibility index (Phi) is 5.30. The molecular formula is C20H25N5O2S. The van der Waals surface area contributed by atoms with Gasteiger partial charge in [-0.2, -0.15) is 9.47 Å². The fraction of sp³-hybridized carbons (Fsp3) is 0.500. The predicted molar refractivity (Wildman–Crippen MR) is 108 cm³/mol. The molecule has 0 radical (unpaired) electrons. The molecule has 28 heavy (non-hydrogen) atoms. The first-order chi connectivity index (χ1) is 13.5. The molecule has 1 fully saturated rings. The molecule has 1 amide bonds. The molecule has 2 N–H and O–H groups in total. The molecule has 1 aliphatic rings. The maximum Gasteiger partial charge on any atom is 0.233 e. The molecule has 3 aromatic rings. The van der Waals surface area contributed by atoms with Crippen LogP contribution in [0.2, 0.25) is 0 Å². The van der Waals surface area contributed by atoms with E-state index in [4.69, 9.17) is 4.52 Å². The molecule has 0 unspecified atom stereocenters. The second-order valence-corrected chi connectivity index (χ2v) is 8.51. The summed E-state index contributed by atoms with van der Waals surface area (Å²) in [7, 11) is 0. The number of carbonyl (C=O) groups excluding carboxylic acids is 1. The molecule has 0 bridgehead atoms. The molecule has 0 saturated heterocycles. The van der Waals surface area contributed by atoms with Crippen molar-refractivity contribution >= 4 is 23.3 Å². The highest BCUT2D eigenvalue weighted by atomic mass is 32.1. The summed E-state index contributed by atoms with van der Waals surface area (Å²) in [5.41, 5.74) is 4.50. The van der Waals surface area contributed by atoms with Crippen molar-refractivity contribution in [3.8, 4) is 0 Å². The summed E-state index contributed by atoms with van der Waals surface area (Å²) in [5, 5.41) is 16.2. The van der Waals surface area contributed by atoms with Crippen molar-refractivity contribution in [1.29, 1.82) is 0 Å². The summed E-state index contributed by atoms with van der Waals surface area (Å²) >= 11 is 1.56. The number of nitrogens with zero attached hydrogens (tertiary/aromatic N) is 3. The zero-order chi connectivity index (χ0) is 19.7. The Bertz CT molecular complexity index is 957. The quantitative estimate of drug-likeness (QED) is 0.635. The molecule has 8 heteroatoms. The topological polar surface area (TPSA) is 96.7 Å². The molecule has 3 aromatic heterocycles. The standard InChI is InChI=1S/C20H25N5O2S/c1-11(2)16-10-28-25-20(16)14-5-4-13(7-14)17-9-18(23-22-17)21-19(26)8-15-6-12(3)24-27-15/h6,9-11,13-14H,4-5,7-8H2,1-3H3,(H2,21,22,23,26)/t13-,14+/m0/s1. The number of aromatic amines is 1. The highest BCUT2D eigenvalue weighted by molar-refractivity contribution is 7.03. The predicted octanol–water partition coefficient (Wildman–Crippen LogP) is 4.52. The van der Waals surface area contributed by atoms with Crippen molar-refractivity contribution in [2.45, 2.75) is 64.2 Å². The maximum atomic E-state index is 12.2. The maximum absolute atomic E-state index is 12.2. The third-order valence-electron chi connectivity index (χ3n) is 5.38. The van der Waals surface area contributed by atoms with Crippen LogP contribution in [0.15, 0.2) is 22.0 Å². The van der Waals surface area contributed by atoms with Gasteiger partial charge in [-0.05, 0) is 49.2 Å². The van der Waals surface area contributed by atoms with Crippen molar-refractivity contribution < 1.29 is 9.32 Å². The third kappa shape index (κ3) is 4.01. The van der Waals surface area contributed by atoms with Crippen LogP contribution < -0.4 is 5.32 Å². The molecule has 0 aromatic carbocycles. The van der Waals surface area contributed by atoms with Gasteiger partial charge in [0.25, 0.3) is 0 Å². The van der Waals surface area contributed by atoms with E-state index in [0.29, 0.717) is 29.3 Å². The van der Waals surface area contributed by atoms with Gasteiger partial charge in [0, 0.05) is 35.0 Å². The Morgan fingerprint density at radius 1 is 1.36 bits per heavy atom. The van der Waals surface area contributed by atoms with Gasteiger partial charge in [-0.25, -0.2) is 0 Å². The van der Waals surface area contributed by atoms with Gasteiger partial charge in [0.15, 0.2) is 5.82 Å². The van der Waals surface area contributed by atoms with E-state index >= 15 is 0 Å². The summed E-state index contributed by atoms with van der Waals surface area (Å²) < 4.78 is 9.77. The summed E-state index contributed by atoms with van der Waals surface area (Å²) in [5.74, 6) is 2.37. The van der Waals surface area contributed by atoms with E-state index in [1.54, 1.807) is 17.6 Å². The van der Waals surface area contributed by atoms with Gasteiger partial charge >= 0.3 is 0 Å². The first-order valence-corrected chi connectivity index (χ1v) is 10.5. The van der Waals surface area contributed by atoms with Crippen LogP contribution in [0.3, 0.4) is 0 Å². The smallest absolute Gasteiger partial charge is 0.233 e. The van der Waals surface area contributed by atoms with Crippen molar-refractivity contribution in [3.63, 3.8) is 0 Å². The number of H-pyrrole nitrogens is 1. The molecule has 7 nitrogen and oxygen atoms in total. The van der Waals surface area contributed by atoms with E-state index in [9.17, 15) is 4.79 Å². The minimum atomic E-state index is -0.164. The average Bonchev–Trinajstić information content (AvgIpc) is 3.41. The molecule has 2 atom stereocenters. The number of hydrogen-bond donors (Lipinski definition) is 2. The molecule has 4 rings (SSSR count). The van der Waals surface area contributed by atoms with Crippen molar-refractivity contribution in [3.05, 3.63) is 45.9 Å². The Morgan fingerprint density at radius 2 is 2.18 bits per heavy atom. The molecule has 148 valence electrons. The normalized spacial score (nSPS) is 19.4. The number of nitrogens with one attached hydrogen (secondary N) is 2. The first-order valence-electron chi connectivity index (χ1n) is 9.71. The number of hydrogen-bond acceptors (Lipinski definition) is 6. The third-order valence-corrected chi connectivity index (χ3v) is 6.05. The summed E-state index contributed by atoms with van der Waals surface area (Å²) in [6, 6.07) is 3.71. The van der Waals surface area contributed by atoms with E-state index in [1.807, 2.05) is 13.0 Å². The molecule has 1 aliphatic carbocycles. The highest BCUT2D eigenvalue weighted by Crippen LogP contribution is 2.45. The van der Waals surface area contributed by atoms with Crippen molar-refractivity contribution in [2.24, 2.45) is 0 Å². The van der Waals surface area contributed by atoms with Crippen molar-refractivity contribution in [1.82, 2.24) is 19.7 Å². The monoisotopic (exact) mass is 399 g/mol. The highest BCUT2D eigenvalue weighted by Gasteiger charge is 2.31. The first kappa shape index (κ1) is 18.9. The number of anilines is 1. The van der Waals surface area contributed by atoms with E-state index in [0.717, 1.165) is 30.7 Å². The van der Waals surface area contributed by atoms with Crippen LogP contribution in [0.25, 0.3) is 0 Å². The Hall–Kier alpha value is -2.48. The number of aromatic nitrogens is 4. The molecule has 1 saturated carbocycles. The van der Waals surface area contributed by atoms with E-state index < -0.39 is 0 Å². The van der Waals surface area contributed by atoms with Gasteiger partial charge in [0.1, 0.15) is 5.76 Å². The second-order valence-electron chi connectivity index (χ2n) is 7.88. The number of aryl methyl sites for hydroxylation is 1. The Labute approximate surface area is 168 Å². The average molecular weight is 400 g/mol. The van der Waals surface area contributed by atoms with Crippen molar-refractivity contribution in [2.75, 3.05) is 5.32 Å². The fourth-order valence-corrected chi connectivity index (χ4v) is 4.89. The second kappa shape index (κ2) is 7.87. The van der Waals surface area contributed by atoms with Crippen LogP contribution in [0.1, 0.15) is 79.3 Å². The lowest BCUT2D eigenvalue weighted by Crippen LogP contribution is -2.14. The van der Waals surface area contributed by atoms with Crippen LogP contribution in [-0.2, 0) is 11.2 Å². The molecule has 0 aliphatic heterocycles. The van der Waals surface area contributed by atoms with Crippen LogP contribution in [-0.4, -0.2) is 25.6 Å². The largest absolute Gasteiger partial charge is 0.361 e. The summed E-state index contributed by atoms with van der Waals surface area (Å²) in [6.45, 7) is 6.28. The fourth-order valence-electron chi connectivity index (χ4n) is 3.96. The van der Waals surface area contributed by atoms with Crippen LogP contribution in [0.4, 0.5) is 5.82 Å². The number of amides is 1. The molecular weight excluding hydrogens is 374 g/mol. The van der Waals surface area contributed by atoms with Crippen LogP contribution in [0, 0.1) is 6.92 Å². The van der Waals surface area contributed by atoms with E-state index in [1.165, 1.54) is 11.3 Å². The van der Waals surface area contributed by atoms with Gasteiger partial charge in [0.2, 0.25) is 5.91 Å². The van der Waals surface area contributed by atoms with Crippen LogP contribution in [0.5, 0.6) is 0 Å². The Morgan fingerprint density at radius 3 is 2.93 bits per heavy atom. The minimum absolute atomic E-state index is 0.149. The number of rotatable bonds is 6. The van der Waals surface area contributed by atoms with Gasteiger partial charge in [-0.15, -0.1) is 0 Å². The van der Waals surface area contributed by atoms with Gasteiger partial charge in [0.05, 0.1) is 17.8 Å². The Balaban J connectivity index is 1.37. The van der Waals surface area contributed by atoms with E-state index in [-0.39, 0.29) is 12.3 Å². The lowest BCUT2D eigenvalue weighted by atomic mass is 9.93. The lowest BCUT2D eigenvalue weighted by Gasteiger charge is -2.12. The number of carbonyl (C=O) groups is 1. The minimum Gasteiger partial charge on any atom is -0.361 e. The van der Waals surface area contributed by atoms with E-state index in [2.05, 4.69) is 44.3 Å². The van der Waals surface area contributed by atoms with Crippen LogP contribution >= 0.6 is 11.5 Å². The summed E-state index contributed by atoms with van der Waals surface area (Å²) in [4.78, 5) is 12.2. The van der Waals surface area contributed by atoms with Gasteiger partial charge in [-0.3, -0.25) is 9.89 Å². The van der Waals surface area contributed by atoms with Gasteiger partial charge in [-0.1, -0.05) is 19.0 Å². The molecule has 0 spiro atoms. The zero-order valence-corrected chi connectivity index (χ0v) is 17.2. The zero-order valence-electron chi connectivity index (χ0n) is 16.4. The van der Waals surface area contributed by atoms with Gasteiger partial charge < -0.3 is 9.84 Å². The molecule has 3 heterocycles. The SMILES string of the molecule is Cc1cc(CC(=O)Nc2cc([C@H]3CC[C@@H](c4nscc4C(C)C)C3)[nH]n2)on1. The lowest BCUT2D eigenvalue weighted by molar-refractivity contribution is -0.115.